The largest absolute Gasteiger partial charge is 0.497 e. The fraction of sp³-hybridized carbons (Fsp3) is 0.314. The summed E-state index contributed by atoms with van der Waals surface area (Å²) in [5, 5.41) is 25.1. The Kier molecular flexibility index (Phi) is 9.29. The molecule has 1 aliphatic rings. The molecule has 1 aliphatic heterocycles. The van der Waals surface area contributed by atoms with Gasteiger partial charge in [0.15, 0.2) is 17.4 Å². The molecule has 3 heterocycles. The lowest BCUT2D eigenvalue weighted by Gasteiger charge is -2.37. The number of rotatable bonds is 11. The van der Waals surface area contributed by atoms with Gasteiger partial charge >= 0.3 is 0 Å². The number of imidazole rings is 1. The summed E-state index contributed by atoms with van der Waals surface area (Å²) < 4.78 is 25.3. The number of H-pyrrole nitrogens is 1. The maximum absolute atomic E-state index is 12.8. The quantitative estimate of drug-likeness (QED) is 0.155. The van der Waals surface area contributed by atoms with Crippen molar-refractivity contribution in [2.75, 3.05) is 26.1 Å². The number of ether oxygens (including phenoxy) is 4. The lowest BCUT2D eigenvalue weighted by molar-refractivity contribution is -0.118. The zero-order chi connectivity index (χ0) is 34.0. The SMILES string of the molecule is COc1ccc(C(OC[C@H]2O[C@@H](n3cnc4c(=O)[nH]c(NC(=O)C(C)C)nc43)[C@@H](O)[C@H]2O)(c2ccccc2)c2ccc(OC)cc2)cc1. The number of hydrogen-bond donors (Lipinski definition) is 4. The summed E-state index contributed by atoms with van der Waals surface area (Å²) in [7, 11) is 3.19. The molecule has 6 rings (SSSR count). The molecule has 0 saturated carbocycles. The first-order valence-corrected chi connectivity index (χ1v) is 15.4. The monoisotopic (exact) mass is 655 g/mol. The first kappa shape index (κ1) is 32.8. The summed E-state index contributed by atoms with van der Waals surface area (Å²) in [6, 6.07) is 24.7. The van der Waals surface area contributed by atoms with E-state index in [9.17, 15) is 19.8 Å². The Labute approximate surface area is 276 Å². The second kappa shape index (κ2) is 13.6. The minimum absolute atomic E-state index is 0.0235. The summed E-state index contributed by atoms with van der Waals surface area (Å²) in [5.41, 5.74) is 0.637. The second-order valence-electron chi connectivity index (χ2n) is 11.7. The summed E-state index contributed by atoms with van der Waals surface area (Å²) >= 11 is 0. The molecule has 1 saturated heterocycles. The smallest absolute Gasteiger partial charge is 0.280 e. The van der Waals surface area contributed by atoms with Crippen molar-refractivity contribution in [3.63, 3.8) is 0 Å². The Balaban J connectivity index is 1.36. The number of nitrogens with one attached hydrogen (secondary N) is 2. The van der Waals surface area contributed by atoms with Crippen LogP contribution in [0.5, 0.6) is 11.5 Å². The summed E-state index contributed by atoms with van der Waals surface area (Å²) in [5.74, 6) is 0.563. The number of aliphatic hydroxyl groups is 2. The third-order valence-electron chi connectivity index (χ3n) is 8.45. The van der Waals surface area contributed by atoms with Gasteiger partial charge < -0.3 is 29.2 Å². The molecule has 0 radical (unpaired) electrons. The topological polar surface area (TPSA) is 170 Å². The van der Waals surface area contributed by atoms with Crippen molar-refractivity contribution in [2.24, 2.45) is 5.92 Å². The molecule has 250 valence electrons. The molecular weight excluding hydrogens is 618 g/mol. The number of carbonyl (C=O) groups is 1. The predicted octanol–water partition coefficient (Wildman–Crippen LogP) is 3.36. The Morgan fingerprint density at radius 2 is 1.52 bits per heavy atom. The van der Waals surface area contributed by atoms with Crippen LogP contribution >= 0.6 is 0 Å². The Bertz CT molecular complexity index is 1880. The van der Waals surface area contributed by atoms with Gasteiger partial charge in [-0.15, -0.1) is 0 Å². The molecule has 0 bridgehead atoms. The van der Waals surface area contributed by atoms with Crippen molar-refractivity contribution < 1.29 is 34.0 Å². The van der Waals surface area contributed by atoms with Crippen molar-refractivity contribution in [1.29, 1.82) is 0 Å². The van der Waals surface area contributed by atoms with Crippen LogP contribution < -0.4 is 20.3 Å². The van der Waals surface area contributed by atoms with E-state index in [0.29, 0.717) is 11.5 Å². The van der Waals surface area contributed by atoms with Crippen molar-refractivity contribution in [3.8, 4) is 11.5 Å². The molecule has 48 heavy (non-hydrogen) atoms. The lowest BCUT2D eigenvalue weighted by Crippen LogP contribution is -2.39. The molecule has 4 N–H and O–H groups in total. The van der Waals surface area contributed by atoms with Crippen LogP contribution in [-0.4, -0.2) is 74.8 Å². The van der Waals surface area contributed by atoms with E-state index in [1.165, 1.54) is 10.9 Å². The van der Waals surface area contributed by atoms with E-state index in [1.54, 1.807) is 28.1 Å². The highest BCUT2D eigenvalue weighted by molar-refractivity contribution is 5.91. The van der Waals surface area contributed by atoms with Crippen molar-refractivity contribution in [1.82, 2.24) is 19.5 Å². The summed E-state index contributed by atoms with van der Waals surface area (Å²) in [4.78, 5) is 36.1. The van der Waals surface area contributed by atoms with Crippen molar-refractivity contribution >= 4 is 23.0 Å². The molecule has 0 aliphatic carbocycles. The van der Waals surface area contributed by atoms with E-state index >= 15 is 0 Å². The molecule has 5 aromatic rings. The number of aromatic nitrogens is 4. The van der Waals surface area contributed by atoms with Gasteiger partial charge in [-0.1, -0.05) is 68.4 Å². The standard InChI is InChI=1S/C35H37N5O8/c1-20(2)31(43)38-34-37-30-27(32(44)39-34)36-19-40(30)33-29(42)28(41)26(48-33)18-47-35(21-8-6-5-7-9-21,22-10-14-24(45-3)15-11-22)23-12-16-25(46-4)17-13-23/h5-17,19-20,26,28-29,33,41-42H,18H2,1-4H3,(H2,37,38,39,43,44)/t26-,28+,29+,33-/m1/s1. The number of methoxy groups -OCH3 is 2. The molecule has 13 heteroatoms. The summed E-state index contributed by atoms with van der Waals surface area (Å²) in [6.45, 7) is 3.26. The average Bonchev–Trinajstić information content (AvgIpc) is 3.66. The van der Waals surface area contributed by atoms with E-state index in [-0.39, 0.29) is 35.5 Å². The van der Waals surface area contributed by atoms with Gasteiger partial charge in [-0.05, 0) is 41.0 Å². The molecule has 0 unspecified atom stereocenters. The Hall–Kier alpha value is -5.08. The lowest BCUT2D eigenvalue weighted by atomic mass is 9.80. The van der Waals surface area contributed by atoms with Crippen LogP contribution in [0.15, 0.2) is 90.0 Å². The number of nitrogens with zero attached hydrogens (tertiary/aromatic N) is 3. The van der Waals surface area contributed by atoms with Gasteiger partial charge in [0.1, 0.15) is 35.4 Å². The van der Waals surface area contributed by atoms with Crippen LogP contribution in [0, 0.1) is 5.92 Å². The number of aliphatic hydroxyl groups excluding tert-OH is 2. The van der Waals surface area contributed by atoms with Crippen LogP contribution in [0.1, 0.15) is 36.8 Å². The zero-order valence-electron chi connectivity index (χ0n) is 26.9. The Morgan fingerprint density at radius 3 is 2.08 bits per heavy atom. The number of benzene rings is 3. The van der Waals surface area contributed by atoms with E-state index in [2.05, 4.69) is 20.3 Å². The van der Waals surface area contributed by atoms with Gasteiger partial charge in [-0.25, -0.2) is 4.98 Å². The molecule has 3 aromatic carbocycles. The molecule has 4 atom stereocenters. The molecule has 13 nitrogen and oxygen atoms in total. The van der Waals surface area contributed by atoms with Gasteiger partial charge in [0.2, 0.25) is 11.9 Å². The number of amides is 1. The number of anilines is 1. The fourth-order valence-electron chi connectivity index (χ4n) is 5.81. The fourth-order valence-corrected chi connectivity index (χ4v) is 5.81. The minimum atomic E-state index is -1.43. The highest BCUT2D eigenvalue weighted by Gasteiger charge is 2.47. The highest BCUT2D eigenvalue weighted by Crippen LogP contribution is 2.43. The van der Waals surface area contributed by atoms with E-state index in [1.807, 2.05) is 78.9 Å². The molecule has 1 fully saturated rings. The van der Waals surface area contributed by atoms with Crippen LogP contribution in [-0.2, 0) is 19.9 Å². The minimum Gasteiger partial charge on any atom is -0.497 e. The van der Waals surface area contributed by atoms with Gasteiger partial charge in [-0.3, -0.25) is 24.5 Å². The number of hydrogen-bond acceptors (Lipinski definition) is 10. The average molecular weight is 656 g/mol. The van der Waals surface area contributed by atoms with Crippen LogP contribution in [0.4, 0.5) is 5.95 Å². The van der Waals surface area contributed by atoms with Crippen LogP contribution in [0.25, 0.3) is 11.2 Å². The van der Waals surface area contributed by atoms with Crippen molar-refractivity contribution in [2.45, 2.75) is 44.0 Å². The number of aromatic amines is 1. The normalized spacial score (nSPS) is 19.5. The predicted molar refractivity (Wildman–Crippen MR) is 176 cm³/mol. The van der Waals surface area contributed by atoms with Crippen molar-refractivity contribution in [3.05, 3.63) is 112 Å². The van der Waals surface area contributed by atoms with Gasteiger partial charge in [0, 0.05) is 5.92 Å². The first-order chi connectivity index (χ1) is 23.2. The maximum Gasteiger partial charge on any atom is 0.280 e. The molecule has 1 amide bonds. The van der Waals surface area contributed by atoms with Gasteiger partial charge in [-0.2, -0.15) is 4.98 Å². The van der Waals surface area contributed by atoms with Gasteiger partial charge in [0.25, 0.3) is 5.56 Å². The molecular formula is C35H37N5O8. The maximum atomic E-state index is 12.8. The van der Waals surface area contributed by atoms with E-state index < -0.39 is 35.7 Å². The van der Waals surface area contributed by atoms with Gasteiger partial charge in [0.05, 0.1) is 27.2 Å². The van der Waals surface area contributed by atoms with Crippen LogP contribution in [0.2, 0.25) is 0 Å². The zero-order valence-corrected chi connectivity index (χ0v) is 26.9. The number of carbonyl (C=O) groups excluding carboxylic acids is 1. The third kappa shape index (κ3) is 6.04. The van der Waals surface area contributed by atoms with E-state index in [4.69, 9.17) is 18.9 Å². The second-order valence-corrected chi connectivity index (χ2v) is 11.7. The molecule has 0 spiro atoms. The van der Waals surface area contributed by atoms with E-state index in [0.717, 1.165) is 16.7 Å². The number of fused-ring (bicyclic) bond motifs is 1. The Morgan fingerprint density at radius 1 is 0.938 bits per heavy atom. The molecule has 2 aromatic heterocycles. The first-order valence-electron chi connectivity index (χ1n) is 15.4. The van der Waals surface area contributed by atoms with Crippen LogP contribution in [0.3, 0.4) is 0 Å². The highest BCUT2D eigenvalue weighted by atomic mass is 16.6. The summed E-state index contributed by atoms with van der Waals surface area (Å²) in [6.07, 6.45) is -3.69. The third-order valence-corrected chi connectivity index (χ3v) is 8.45.